The van der Waals surface area contributed by atoms with E-state index in [0.29, 0.717) is 5.92 Å². The van der Waals surface area contributed by atoms with Crippen molar-refractivity contribution in [2.24, 2.45) is 0 Å². The SMILES string of the molecule is CC(C)c1ccccc1[C@H](C)O. The standard InChI is InChI=1S/C11H16O/c1-8(2)10-6-4-5-7-11(10)9(3)12/h4-9,12H,1-3H3/t9-/m0/s1. The summed E-state index contributed by atoms with van der Waals surface area (Å²) in [5, 5.41) is 9.45. The van der Waals surface area contributed by atoms with Crippen molar-refractivity contribution < 1.29 is 5.11 Å². The van der Waals surface area contributed by atoms with Crippen LogP contribution in [0.15, 0.2) is 24.3 Å². The first-order valence-corrected chi connectivity index (χ1v) is 4.39. The van der Waals surface area contributed by atoms with Gasteiger partial charge in [0.2, 0.25) is 0 Å². The monoisotopic (exact) mass is 164 g/mol. The molecule has 0 fully saturated rings. The maximum Gasteiger partial charge on any atom is 0.0764 e. The van der Waals surface area contributed by atoms with Gasteiger partial charge in [-0.25, -0.2) is 0 Å². The van der Waals surface area contributed by atoms with Crippen LogP contribution in [0.4, 0.5) is 0 Å². The number of aliphatic hydroxyl groups excluding tert-OH is 1. The Kier molecular flexibility index (Phi) is 2.88. The molecule has 0 aliphatic heterocycles. The molecule has 1 aromatic carbocycles. The van der Waals surface area contributed by atoms with Gasteiger partial charge in [0.05, 0.1) is 6.10 Å². The third-order valence-electron chi connectivity index (χ3n) is 2.07. The Morgan fingerprint density at radius 3 is 1.83 bits per heavy atom. The summed E-state index contributed by atoms with van der Waals surface area (Å²) in [6.45, 7) is 6.09. The van der Waals surface area contributed by atoms with Crippen LogP contribution in [0.2, 0.25) is 0 Å². The molecule has 0 saturated carbocycles. The summed E-state index contributed by atoms with van der Waals surface area (Å²) >= 11 is 0. The van der Waals surface area contributed by atoms with Gasteiger partial charge < -0.3 is 5.11 Å². The van der Waals surface area contributed by atoms with E-state index in [1.807, 2.05) is 18.2 Å². The zero-order chi connectivity index (χ0) is 9.14. The van der Waals surface area contributed by atoms with Gasteiger partial charge in [0.25, 0.3) is 0 Å². The van der Waals surface area contributed by atoms with Crippen molar-refractivity contribution >= 4 is 0 Å². The molecule has 0 spiro atoms. The van der Waals surface area contributed by atoms with Crippen molar-refractivity contribution in [3.63, 3.8) is 0 Å². The molecule has 0 amide bonds. The highest BCUT2D eigenvalue weighted by Crippen LogP contribution is 2.23. The Balaban J connectivity index is 3.09. The second-order valence-corrected chi connectivity index (χ2v) is 3.46. The second-order valence-electron chi connectivity index (χ2n) is 3.46. The summed E-state index contributed by atoms with van der Waals surface area (Å²) in [4.78, 5) is 0. The van der Waals surface area contributed by atoms with Crippen LogP contribution >= 0.6 is 0 Å². The molecule has 0 aromatic heterocycles. The van der Waals surface area contributed by atoms with Crippen molar-refractivity contribution in [1.82, 2.24) is 0 Å². The summed E-state index contributed by atoms with van der Waals surface area (Å²) in [6, 6.07) is 8.04. The van der Waals surface area contributed by atoms with Crippen LogP contribution in [-0.2, 0) is 0 Å². The molecule has 0 aliphatic rings. The van der Waals surface area contributed by atoms with Gasteiger partial charge in [0, 0.05) is 0 Å². The second kappa shape index (κ2) is 3.72. The quantitative estimate of drug-likeness (QED) is 0.712. The fourth-order valence-corrected chi connectivity index (χ4v) is 1.42. The molecule has 0 heterocycles. The lowest BCUT2D eigenvalue weighted by Gasteiger charge is -2.14. The highest BCUT2D eigenvalue weighted by atomic mass is 16.3. The minimum absolute atomic E-state index is 0.358. The maximum atomic E-state index is 9.45. The molecule has 1 nitrogen and oxygen atoms in total. The van der Waals surface area contributed by atoms with Crippen molar-refractivity contribution in [2.75, 3.05) is 0 Å². The molecule has 0 aliphatic carbocycles. The van der Waals surface area contributed by atoms with E-state index < -0.39 is 0 Å². The number of hydrogen-bond donors (Lipinski definition) is 1. The van der Waals surface area contributed by atoms with Crippen LogP contribution in [0.1, 0.15) is 43.9 Å². The first kappa shape index (κ1) is 9.27. The average molecular weight is 164 g/mol. The highest BCUT2D eigenvalue weighted by molar-refractivity contribution is 5.30. The van der Waals surface area contributed by atoms with Gasteiger partial charge in [0.1, 0.15) is 0 Å². The zero-order valence-electron chi connectivity index (χ0n) is 7.91. The lowest BCUT2D eigenvalue weighted by atomic mass is 9.95. The van der Waals surface area contributed by atoms with E-state index in [1.165, 1.54) is 5.56 Å². The van der Waals surface area contributed by atoms with Crippen molar-refractivity contribution in [1.29, 1.82) is 0 Å². The minimum atomic E-state index is -0.358. The molecule has 1 N–H and O–H groups in total. The smallest absolute Gasteiger partial charge is 0.0764 e. The van der Waals surface area contributed by atoms with E-state index in [-0.39, 0.29) is 6.10 Å². The van der Waals surface area contributed by atoms with Crippen LogP contribution in [0, 0.1) is 0 Å². The lowest BCUT2D eigenvalue weighted by molar-refractivity contribution is 0.198. The number of aliphatic hydroxyl groups is 1. The third-order valence-corrected chi connectivity index (χ3v) is 2.07. The number of hydrogen-bond acceptors (Lipinski definition) is 1. The molecule has 1 aromatic rings. The van der Waals surface area contributed by atoms with Crippen molar-refractivity contribution in [3.8, 4) is 0 Å². The van der Waals surface area contributed by atoms with Crippen LogP contribution in [0.3, 0.4) is 0 Å². The molecule has 0 unspecified atom stereocenters. The van der Waals surface area contributed by atoms with E-state index >= 15 is 0 Å². The lowest BCUT2D eigenvalue weighted by Crippen LogP contribution is -1.99. The van der Waals surface area contributed by atoms with E-state index in [4.69, 9.17) is 0 Å². The van der Waals surface area contributed by atoms with Crippen LogP contribution < -0.4 is 0 Å². The van der Waals surface area contributed by atoms with Gasteiger partial charge in [-0.05, 0) is 24.0 Å². The Bertz CT molecular complexity index is 224. The van der Waals surface area contributed by atoms with Crippen molar-refractivity contribution in [2.45, 2.75) is 32.8 Å². The van der Waals surface area contributed by atoms with Gasteiger partial charge >= 0.3 is 0 Å². The topological polar surface area (TPSA) is 20.2 Å². The van der Waals surface area contributed by atoms with Gasteiger partial charge in [-0.2, -0.15) is 0 Å². The van der Waals surface area contributed by atoms with E-state index in [2.05, 4.69) is 19.9 Å². The Labute approximate surface area is 74.1 Å². The molecule has 1 heteroatoms. The van der Waals surface area contributed by atoms with E-state index in [9.17, 15) is 5.11 Å². The van der Waals surface area contributed by atoms with Crippen LogP contribution in [0.25, 0.3) is 0 Å². The van der Waals surface area contributed by atoms with Gasteiger partial charge in [0.15, 0.2) is 0 Å². The Hall–Kier alpha value is -0.820. The largest absolute Gasteiger partial charge is 0.389 e. The normalized spacial score (nSPS) is 13.4. The average Bonchev–Trinajstić information content (AvgIpc) is 2.04. The summed E-state index contributed by atoms with van der Waals surface area (Å²) < 4.78 is 0. The van der Waals surface area contributed by atoms with E-state index in [0.717, 1.165) is 5.56 Å². The molecule has 0 radical (unpaired) electrons. The molecule has 0 saturated heterocycles. The first-order valence-electron chi connectivity index (χ1n) is 4.39. The molecule has 1 rings (SSSR count). The molecule has 1 atom stereocenters. The predicted octanol–water partition coefficient (Wildman–Crippen LogP) is 2.86. The fraction of sp³-hybridized carbons (Fsp3) is 0.455. The third kappa shape index (κ3) is 1.86. The fourth-order valence-electron chi connectivity index (χ4n) is 1.42. The maximum absolute atomic E-state index is 9.45. The minimum Gasteiger partial charge on any atom is -0.389 e. The molecular weight excluding hydrogens is 148 g/mol. The van der Waals surface area contributed by atoms with Crippen LogP contribution in [-0.4, -0.2) is 5.11 Å². The van der Waals surface area contributed by atoms with Gasteiger partial charge in [-0.1, -0.05) is 38.1 Å². The molecular formula is C11H16O. The molecule has 66 valence electrons. The molecule has 12 heavy (non-hydrogen) atoms. The van der Waals surface area contributed by atoms with Crippen molar-refractivity contribution in [3.05, 3.63) is 35.4 Å². The highest BCUT2D eigenvalue weighted by Gasteiger charge is 2.08. The summed E-state index contributed by atoms with van der Waals surface area (Å²) in [5.74, 6) is 0.482. The van der Waals surface area contributed by atoms with Gasteiger partial charge in [-0.3, -0.25) is 0 Å². The van der Waals surface area contributed by atoms with Gasteiger partial charge in [-0.15, -0.1) is 0 Å². The predicted molar refractivity (Wildman–Crippen MR) is 51.2 cm³/mol. The Morgan fingerprint density at radius 1 is 1.00 bits per heavy atom. The summed E-state index contributed by atoms with van der Waals surface area (Å²) in [7, 11) is 0. The Morgan fingerprint density at radius 2 is 1.50 bits per heavy atom. The first-order chi connectivity index (χ1) is 5.63. The summed E-state index contributed by atoms with van der Waals surface area (Å²) in [6.07, 6.45) is -0.358. The number of benzene rings is 1. The molecule has 0 bridgehead atoms. The summed E-state index contributed by atoms with van der Waals surface area (Å²) in [5.41, 5.74) is 2.29. The number of rotatable bonds is 2. The zero-order valence-corrected chi connectivity index (χ0v) is 7.91. The van der Waals surface area contributed by atoms with E-state index in [1.54, 1.807) is 6.92 Å². The van der Waals surface area contributed by atoms with Crippen LogP contribution in [0.5, 0.6) is 0 Å².